The minimum Gasteiger partial charge on any atom is -0.0789 e. The molecule has 0 bridgehead atoms. The molecule has 0 saturated carbocycles. The van der Waals surface area contributed by atoms with Crippen molar-refractivity contribution in [2.75, 3.05) is 0 Å². The number of fused-ring (bicyclic) bond motifs is 1. The molecule has 0 heterocycles. The van der Waals surface area contributed by atoms with E-state index in [1.807, 2.05) is 18.2 Å². The van der Waals surface area contributed by atoms with Crippen LogP contribution in [0.3, 0.4) is 0 Å². The maximum absolute atomic E-state index is 5.65. The van der Waals surface area contributed by atoms with Crippen molar-refractivity contribution in [1.29, 1.82) is 0 Å². The Morgan fingerprint density at radius 1 is 1.18 bits per heavy atom. The van der Waals surface area contributed by atoms with Gasteiger partial charge >= 0.3 is 0 Å². The quantitative estimate of drug-likeness (QED) is 0.455. The summed E-state index contributed by atoms with van der Waals surface area (Å²) >= 11 is 0. The van der Waals surface area contributed by atoms with Crippen LogP contribution in [-0.4, -0.2) is 0 Å². The van der Waals surface area contributed by atoms with Crippen LogP contribution in [-0.2, 0) is 0 Å². The van der Waals surface area contributed by atoms with Gasteiger partial charge in [0.1, 0.15) is 0 Å². The van der Waals surface area contributed by atoms with Crippen LogP contribution in [0.5, 0.6) is 0 Å². The zero-order valence-corrected chi connectivity index (χ0v) is 6.25. The SMILES string of the molecule is [CH+]=C1C=C2C=CC=CCC2=C1. The fourth-order valence-corrected chi connectivity index (χ4v) is 1.36. The van der Waals surface area contributed by atoms with Crippen molar-refractivity contribution in [1.82, 2.24) is 0 Å². The van der Waals surface area contributed by atoms with Crippen molar-refractivity contribution in [3.63, 3.8) is 0 Å². The van der Waals surface area contributed by atoms with Crippen LogP contribution in [0.2, 0.25) is 0 Å². The van der Waals surface area contributed by atoms with Crippen LogP contribution in [0.15, 0.2) is 53.2 Å². The molecule has 0 N–H and O–H groups in total. The van der Waals surface area contributed by atoms with Crippen molar-refractivity contribution < 1.29 is 0 Å². The lowest BCUT2D eigenvalue weighted by Gasteiger charge is -1.90. The van der Waals surface area contributed by atoms with Crippen LogP contribution in [0.1, 0.15) is 6.42 Å². The molecule has 0 heteroatoms. The molecule has 2 aliphatic carbocycles. The molecule has 0 aromatic rings. The van der Waals surface area contributed by atoms with Crippen molar-refractivity contribution in [3.05, 3.63) is 59.8 Å². The third-order valence-electron chi connectivity index (χ3n) is 1.89. The number of allylic oxidation sites excluding steroid dienone is 9. The summed E-state index contributed by atoms with van der Waals surface area (Å²) in [5.41, 5.74) is 3.45. The average Bonchev–Trinajstić information content (AvgIpc) is 2.17. The van der Waals surface area contributed by atoms with E-state index >= 15 is 0 Å². The van der Waals surface area contributed by atoms with Gasteiger partial charge in [0.05, 0.1) is 12.2 Å². The molecule has 0 aliphatic heterocycles. The van der Waals surface area contributed by atoms with Crippen molar-refractivity contribution >= 4 is 0 Å². The summed E-state index contributed by atoms with van der Waals surface area (Å²) in [5.74, 6) is 0. The molecule has 0 fully saturated rings. The number of rotatable bonds is 0. The lowest BCUT2D eigenvalue weighted by molar-refractivity contribution is 1.28. The minimum atomic E-state index is 0.870. The Labute approximate surface area is 66.9 Å². The molecule has 2 rings (SSSR count). The van der Waals surface area contributed by atoms with E-state index in [-0.39, 0.29) is 0 Å². The Hall–Kier alpha value is -1.39. The Morgan fingerprint density at radius 2 is 2.09 bits per heavy atom. The minimum absolute atomic E-state index is 0.870. The molecule has 0 saturated heterocycles. The maximum atomic E-state index is 5.65. The largest absolute Gasteiger partial charge is 0.181 e. The summed E-state index contributed by atoms with van der Waals surface area (Å²) in [6.07, 6.45) is 13.4. The standard InChI is InChI=1S/C11H9/c1-9-7-10-5-3-2-4-6-11(10)8-9/h1-5,7-8H,6H2/q+1. The highest BCUT2D eigenvalue weighted by atomic mass is 14.1. The molecule has 2 aliphatic rings. The molecule has 0 aromatic heterocycles. The molecule has 0 spiro atoms. The van der Waals surface area contributed by atoms with Gasteiger partial charge in [-0.1, -0.05) is 18.2 Å². The van der Waals surface area contributed by atoms with Gasteiger partial charge in [0.15, 0.2) is 5.57 Å². The van der Waals surface area contributed by atoms with Gasteiger partial charge < -0.3 is 0 Å². The number of hydrogen-bond donors (Lipinski definition) is 0. The lowest BCUT2D eigenvalue weighted by atomic mass is 10.1. The number of hydrogen-bond acceptors (Lipinski definition) is 0. The topological polar surface area (TPSA) is 0 Å². The van der Waals surface area contributed by atoms with Crippen molar-refractivity contribution in [2.24, 2.45) is 0 Å². The third-order valence-corrected chi connectivity index (χ3v) is 1.89. The molecule has 0 amide bonds. The van der Waals surface area contributed by atoms with E-state index in [1.54, 1.807) is 0 Å². The highest BCUT2D eigenvalue weighted by molar-refractivity contribution is 5.56. The second-order valence-electron chi connectivity index (χ2n) is 2.76. The van der Waals surface area contributed by atoms with Crippen LogP contribution < -0.4 is 0 Å². The maximum Gasteiger partial charge on any atom is 0.181 e. The zero-order valence-electron chi connectivity index (χ0n) is 6.25. The normalized spacial score (nSPS) is 20.8. The van der Waals surface area contributed by atoms with Gasteiger partial charge in [-0.2, -0.15) is 0 Å². The fourth-order valence-electron chi connectivity index (χ4n) is 1.36. The van der Waals surface area contributed by atoms with Crippen molar-refractivity contribution in [3.8, 4) is 0 Å². The Kier molecular flexibility index (Phi) is 1.34. The molecular formula is C11H9+. The monoisotopic (exact) mass is 141 g/mol. The Balaban J connectivity index is 2.43. The van der Waals surface area contributed by atoms with E-state index in [1.165, 1.54) is 11.1 Å². The van der Waals surface area contributed by atoms with E-state index in [0.29, 0.717) is 0 Å². The van der Waals surface area contributed by atoms with Crippen LogP contribution in [0, 0.1) is 6.58 Å². The highest BCUT2D eigenvalue weighted by Crippen LogP contribution is 2.27. The van der Waals surface area contributed by atoms with Gasteiger partial charge in [-0.25, -0.2) is 0 Å². The molecule has 52 valence electrons. The summed E-state index contributed by atoms with van der Waals surface area (Å²) in [6, 6.07) is 0. The van der Waals surface area contributed by atoms with E-state index in [4.69, 9.17) is 6.58 Å². The Morgan fingerprint density at radius 3 is 3.00 bits per heavy atom. The second-order valence-corrected chi connectivity index (χ2v) is 2.76. The van der Waals surface area contributed by atoms with Gasteiger partial charge in [-0.05, 0) is 6.08 Å². The molecule has 0 unspecified atom stereocenters. The van der Waals surface area contributed by atoms with Crippen LogP contribution in [0.25, 0.3) is 0 Å². The predicted molar refractivity (Wildman–Crippen MR) is 46.9 cm³/mol. The fraction of sp³-hybridized carbons (Fsp3) is 0.0909. The van der Waals surface area contributed by atoms with E-state index in [2.05, 4.69) is 18.2 Å². The summed E-state index contributed by atoms with van der Waals surface area (Å²) in [4.78, 5) is 0. The van der Waals surface area contributed by atoms with Crippen molar-refractivity contribution in [2.45, 2.75) is 6.42 Å². The van der Waals surface area contributed by atoms with Gasteiger partial charge in [0.25, 0.3) is 0 Å². The van der Waals surface area contributed by atoms with Gasteiger partial charge in [-0.3, -0.25) is 0 Å². The molecule has 0 aromatic carbocycles. The molecule has 0 nitrogen and oxygen atoms in total. The first-order chi connectivity index (χ1) is 5.36. The molecule has 11 heavy (non-hydrogen) atoms. The molecule has 0 radical (unpaired) electrons. The highest BCUT2D eigenvalue weighted by Gasteiger charge is 2.16. The summed E-state index contributed by atoms with van der Waals surface area (Å²) in [6.45, 7) is 5.65. The summed E-state index contributed by atoms with van der Waals surface area (Å²) in [5, 5.41) is 0. The van der Waals surface area contributed by atoms with Gasteiger partial charge in [0, 0.05) is 24.1 Å². The van der Waals surface area contributed by atoms with Gasteiger partial charge in [0.2, 0.25) is 0 Å². The smallest absolute Gasteiger partial charge is 0.0789 e. The Bertz CT molecular complexity index is 309. The summed E-state index contributed by atoms with van der Waals surface area (Å²) in [7, 11) is 0. The zero-order chi connectivity index (χ0) is 7.68. The second kappa shape index (κ2) is 2.34. The third kappa shape index (κ3) is 1.09. The predicted octanol–water partition coefficient (Wildman–Crippen LogP) is 2.73. The lowest BCUT2D eigenvalue weighted by Crippen LogP contribution is -1.77. The molecule has 0 atom stereocenters. The van der Waals surface area contributed by atoms with Crippen LogP contribution >= 0.6 is 0 Å². The first kappa shape index (κ1) is 6.33. The molecular weight excluding hydrogens is 132 g/mol. The first-order valence-corrected chi connectivity index (χ1v) is 3.74. The van der Waals surface area contributed by atoms with Gasteiger partial charge in [-0.15, -0.1) is 0 Å². The van der Waals surface area contributed by atoms with E-state index < -0.39 is 0 Å². The van der Waals surface area contributed by atoms with E-state index in [0.717, 1.165) is 12.0 Å². The van der Waals surface area contributed by atoms with Crippen LogP contribution in [0.4, 0.5) is 0 Å². The first-order valence-electron chi connectivity index (χ1n) is 3.74. The summed E-state index contributed by atoms with van der Waals surface area (Å²) < 4.78 is 0. The van der Waals surface area contributed by atoms with E-state index in [9.17, 15) is 0 Å². The average molecular weight is 141 g/mol.